The number of allylic oxidation sites excluding steroid dienone is 2. The molecule has 4 saturated carbocycles. The lowest BCUT2D eigenvalue weighted by Gasteiger charge is -2.72. The number of ketones is 1. The molecule has 0 radical (unpaired) electrons. The van der Waals surface area contributed by atoms with Crippen molar-refractivity contribution in [3.05, 3.63) is 40.3 Å². The number of ether oxygens (including phenoxy) is 1. The molecule has 5 aliphatic rings. The molecule has 0 bridgehead atoms. The Hall–Kier alpha value is -3.11. The Morgan fingerprint density at radius 3 is 2.36 bits per heavy atom. The number of pyridine rings is 1. The lowest BCUT2D eigenvalue weighted by molar-refractivity contribution is -0.232. The first-order valence-corrected chi connectivity index (χ1v) is 21.0. The molecule has 2 heterocycles. The number of carbonyl (C=O) groups is 3. The van der Waals surface area contributed by atoms with E-state index in [9.17, 15) is 19.5 Å². The number of esters is 1. The Morgan fingerprint density at radius 2 is 1.73 bits per heavy atom. The van der Waals surface area contributed by atoms with Crippen LogP contribution < -0.4 is 5.73 Å². The standard InChI is InChI=1S/C44H62ClN5O5/c1-25(2)34-29(51)22-44(37-49-48-36(50(37)21-20-46)28-12-10-26(45)24-47-28)19-18-42(8)27(35(34)44)11-13-31-41(7)16-15-32(55-33(52)23-39(3,4)38(53)54)40(5,6)30(41)14-17-43(31,42)9/h10,12,24-25,27,30-32H,11,13-23,46H2,1-9H3,(H,53,54)/t27?,30-,31+,32-,41-,42+,43+,44+/m0/s1. The molecule has 11 heteroatoms. The zero-order valence-corrected chi connectivity index (χ0v) is 35.2. The first-order valence-electron chi connectivity index (χ1n) is 20.6. The molecule has 0 saturated heterocycles. The third-order valence-corrected chi connectivity index (χ3v) is 16.5. The number of hydrogen-bond acceptors (Lipinski definition) is 8. The number of nitrogens with two attached hydrogens (primary N) is 1. The number of rotatable bonds is 9. The number of aromatic nitrogens is 4. The molecule has 10 nitrogen and oxygen atoms in total. The maximum absolute atomic E-state index is 14.4. The second-order valence-corrected chi connectivity index (χ2v) is 20.6. The van der Waals surface area contributed by atoms with Crippen LogP contribution in [0.3, 0.4) is 0 Å². The van der Waals surface area contributed by atoms with Gasteiger partial charge in [0.15, 0.2) is 11.6 Å². The Bertz CT molecular complexity index is 1920. The van der Waals surface area contributed by atoms with Crippen LogP contribution in [0.2, 0.25) is 5.02 Å². The summed E-state index contributed by atoms with van der Waals surface area (Å²) in [5, 5.41) is 19.9. The molecule has 0 amide bonds. The van der Waals surface area contributed by atoms with Gasteiger partial charge in [-0.2, -0.15) is 0 Å². The van der Waals surface area contributed by atoms with Crippen molar-refractivity contribution in [2.75, 3.05) is 6.54 Å². The number of hydrogen-bond donors (Lipinski definition) is 2. The summed E-state index contributed by atoms with van der Waals surface area (Å²) in [5.41, 5.74) is 7.31. The monoisotopic (exact) mass is 775 g/mol. The molecule has 7 rings (SSSR count). The molecule has 3 N–H and O–H groups in total. The van der Waals surface area contributed by atoms with E-state index < -0.39 is 22.8 Å². The van der Waals surface area contributed by atoms with E-state index in [0.29, 0.717) is 47.9 Å². The summed E-state index contributed by atoms with van der Waals surface area (Å²) in [4.78, 5) is 43.9. The number of fused-ring (bicyclic) bond motifs is 7. The van der Waals surface area contributed by atoms with Crippen molar-refractivity contribution in [3.63, 3.8) is 0 Å². The van der Waals surface area contributed by atoms with E-state index in [1.165, 1.54) is 5.57 Å². The van der Waals surface area contributed by atoms with Gasteiger partial charge >= 0.3 is 11.9 Å². The fourth-order valence-electron chi connectivity index (χ4n) is 13.4. The molecule has 2 aromatic heterocycles. The number of nitrogens with zero attached hydrogens (tertiary/aromatic N) is 4. The lowest BCUT2D eigenvalue weighted by Crippen LogP contribution is -2.66. The number of carboxylic acid groups (broad SMARTS) is 1. The number of Topliss-reactive ketones (excluding diaryl/α,β-unsaturated/α-hetero) is 1. The van der Waals surface area contributed by atoms with Crippen molar-refractivity contribution in [1.29, 1.82) is 0 Å². The predicted molar refractivity (Wildman–Crippen MR) is 212 cm³/mol. The summed E-state index contributed by atoms with van der Waals surface area (Å²) in [6, 6.07) is 3.68. The van der Waals surface area contributed by atoms with Crippen molar-refractivity contribution in [3.8, 4) is 11.5 Å². The fourth-order valence-corrected chi connectivity index (χ4v) is 13.5. The summed E-state index contributed by atoms with van der Waals surface area (Å²) < 4.78 is 8.32. The molecule has 0 aromatic carbocycles. The van der Waals surface area contributed by atoms with Crippen LogP contribution in [0.15, 0.2) is 29.5 Å². The predicted octanol–water partition coefficient (Wildman–Crippen LogP) is 8.60. The molecule has 1 unspecified atom stereocenters. The molecule has 2 aromatic rings. The Balaban J connectivity index is 1.24. The molecule has 55 heavy (non-hydrogen) atoms. The van der Waals surface area contributed by atoms with Gasteiger partial charge in [0.2, 0.25) is 0 Å². The van der Waals surface area contributed by atoms with E-state index in [4.69, 9.17) is 32.3 Å². The van der Waals surface area contributed by atoms with E-state index in [-0.39, 0.29) is 51.8 Å². The van der Waals surface area contributed by atoms with E-state index in [2.05, 4.69) is 58.0 Å². The lowest BCUT2D eigenvalue weighted by atomic mass is 9.33. The summed E-state index contributed by atoms with van der Waals surface area (Å²) in [6.07, 6.45) is 9.39. The summed E-state index contributed by atoms with van der Waals surface area (Å²) in [5.74, 6) is 1.47. The number of aliphatic carboxylic acids is 1. The highest BCUT2D eigenvalue weighted by Gasteiger charge is 2.71. The van der Waals surface area contributed by atoms with Gasteiger partial charge in [-0.3, -0.25) is 19.4 Å². The second kappa shape index (κ2) is 13.5. The van der Waals surface area contributed by atoms with Crippen LogP contribution in [0.25, 0.3) is 11.5 Å². The molecular formula is C44H62ClN5O5. The first kappa shape index (κ1) is 40.1. The minimum atomic E-state index is -1.17. The molecule has 8 atom stereocenters. The summed E-state index contributed by atoms with van der Waals surface area (Å²) in [6.45, 7) is 20.6. The van der Waals surface area contributed by atoms with Crippen LogP contribution in [0, 0.1) is 50.7 Å². The average Bonchev–Trinajstić information content (AvgIpc) is 3.65. The SMILES string of the molecule is CC(C)C1=C2C3CC[C@@H]4[C@@]5(C)CC[C@H](OC(=O)CC(C)(C)C(=O)O)C(C)(C)[C@@H]5CC[C@@]4(C)[C@]3(C)CC[C@@]2(c2nnc(-c3ccc(Cl)cn3)n2CCN)CC1=O. The minimum Gasteiger partial charge on any atom is -0.481 e. The van der Waals surface area contributed by atoms with Gasteiger partial charge in [0.05, 0.1) is 22.3 Å². The number of carbonyl (C=O) groups excluding carboxylic acids is 2. The Kier molecular flexibility index (Phi) is 9.84. The zero-order chi connectivity index (χ0) is 40.1. The smallest absolute Gasteiger partial charge is 0.309 e. The van der Waals surface area contributed by atoms with Crippen molar-refractivity contribution in [1.82, 2.24) is 19.7 Å². The van der Waals surface area contributed by atoms with Crippen LogP contribution in [0.1, 0.15) is 132 Å². The summed E-state index contributed by atoms with van der Waals surface area (Å²) in [7, 11) is 0. The van der Waals surface area contributed by atoms with Gasteiger partial charge < -0.3 is 20.1 Å². The van der Waals surface area contributed by atoms with Gasteiger partial charge in [0.25, 0.3) is 0 Å². The second-order valence-electron chi connectivity index (χ2n) is 20.1. The quantitative estimate of drug-likeness (QED) is 0.239. The van der Waals surface area contributed by atoms with Crippen LogP contribution in [0.5, 0.6) is 0 Å². The highest BCUT2D eigenvalue weighted by atomic mass is 35.5. The topological polar surface area (TPSA) is 150 Å². The molecular weight excluding hydrogens is 714 g/mol. The molecule has 0 aliphatic heterocycles. The molecule has 5 aliphatic carbocycles. The Labute approximate surface area is 331 Å². The highest BCUT2D eigenvalue weighted by Crippen LogP contribution is 2.76. The van der Waals surface area contributed by atoms with Crippen LogP contribution in [-0.2, 0) is 31.1 Å². The third kappa shape index (κ3) is 5.88. The number of halogens is 1. The minimum absolute atomic E-state index is 0.0302. The van der Waals surface area contributed by atoms with Crippen molar-refractivity contribution < 1.29 is 24.2 Å². The van der Waals surface area contributed by atoms with E-state index in [1.54, 1.807) is 20.0 Å². The van der Waals surface area contributed by atoms with E-state index >= 15 is 0 Å². The largest absolute Gasteiger partial charge is 0.481 e. The molecule has 300 valence electrons. The fraction of sp³-hybridized carbons (Fsp3) is 0.727. The Morgan fingerprint density at radius 1 is 1.00 bits per heavy atom. The van der Waals surface area contributed by atoms with Crippen molar-refractivity contribution >= 4 is 29.3 Å². The van der Waals surface area contributed by atoms with Crippen LogP contribution in [0.4, 0.5) is 0 Å². The summed E-state index contributed by atoms with van der Waals surface area (Å²) >= 11 is 6.21. The zero-order valence-electron chi connectivity index (χ0n) is 34.4. The third-order valence-electron chi connectivity index (χ3n) is 16.3. The normalized spacial score (nSPS) is 35.5. The van der Waals surface area contributed by atoms with Gasteiger partial charge in [-0.1, -0.05) is 60.1 Å². The maximum atomic E-state index is 14.4. The van der Waals surface area contributed by atoms with Gasteiger partial charge in [-0.05, 0) is 128 Å². The average molecular weight is 776 g/mol. The van der Waals surface area contributed by atoms with Gasteiger partial charge in [-0.25, -0.2) is 0 Å². The van der Waals surface area contributed by atoms with Crippen LogP contribution >= 0.6 is 11.6 Å². The van der Waals surface area contributed by atoms with Crippen molar-refractivity contribution in [2.24, 2.45) is 56.5 Å². The number of carboxylic acids is 1. The van der Waals surface area contributed by atoms with Crippen molar-refractivity contribution in [2.45, 2.75) is 145 Å². The van der Waals surface area contributed by atoms with E-state index in [1.807, 2.05) is 12.1 Å². The maximum Gasteiger partial charge on any atom is 0.309 e. The van der Waals surface area contributed by atoms with Gasteiger partial charge in [0, 0.05) is 31.1 Å². The van der Waals surface area contributed by atoms with Crippen LogP contribution in [-0.4, -0.2) is 55.2 Å². The molecule has 0 spiro atoms. The van der Waals surface area contributed by atoms with Gasteiger partial charge in [-0.15, -0.1) is 10.2 Å². The highest BCUT2D eigenvalue weighted by molar-refractivity contribution is 6.30. The molecule has 4 fully saturated rings. The first-order chi connectivity index (χ1) is 25.7. The van der Waals surface area contributed by atoms with E-state index in [0.717, 1.165) is 62.8 Å². The van der Waals surface area contributed by atoms with Gasteiger partial charge in [0.1, 0.15) is 17.6 Å².